The first-order chi connectivity index (χ1) is 9.93. The van der Waals surface area contributed by atoms with Gasteiger partial charge >= 0.3 is 0 Å². The molecule has 2 atom stereocenters. The van der Waals surface area contributed by atoms with E-state index < -0.39 is 0 Å². The van der Waals surface area contributed by atoms with Crippen LogP contribution >= 0.6 is 0 Å². The number of benzene rings is 1. The van der Waals surface area contributed by atoms with E-state index in [2.05, 4.69) is 44.9 Å². The fourth-order valence-corrected chi connectivity index (χ4v) is 2.29. The first-order valence-electron chi connectivity index (χ1n) is 8.02. The Balaban J connectivity index is 2.32. The van der Waals surface area contributed by atoms with Gasteiger partial charge in [0, 0.05) is 12.1 Å². The van der Waals surface area contributed by atoms with Gasteiger partial charge < -0.3 is 15.4 Å². The molecule has 0 aliphatic rings. The molecular formula is C18H32N2O. The zero-order valence-corrected chi connectivity index (χ0v) is 14.3. The summed E-state index contributed by atoms with van der Waals surface area (Å²) < 4.78 is 5.19. The highest BCUT2D eigenvalue weighted by Crippen LogP contribution is 2.15. The highest BCUT2D eigenvalue weighted by molar-refractivity contribution is 5.27. The average molecular weight is 292 g/mol. The van der Waals surface area contributed by atoms with Gasteiger partial charge in [-0.2, -0.15) is 0 Å². The Kier molecular flexibility index (Phi) is 7.76. The number of methoxy groups -OCH3 is 1. The topological polar surface area (TPSA) is 38.5 Å². The Hall–Kier alpha value is -1.06. The predicted molar refractivity (Wildman–Crippen MR) is 90.8 cm³/mol. The molecule has 0 radical (unpaired) electrons. The van der Waals surface area contributed by atoms with Crippen LogP contribution in [0.2, 0.25) is 0 Å². The quantitative estimate of drug-likeness (QED) is 0.759. The van der Waals surface area contributed by atoms with E-state index in [1.165, 1.54) is 12.0 Å². The number of aryl methyl sites for hydroxylation is 1. The molecule has 0 heterocycles. The lowest BCUT2D eigenvalue weighted by atomic mass is 10.0. The maximum Gasteiger partial charge on any atom is 0.118 e. The van der Waals surface area contributed by atoms with Crippen molar-refractivity contribution >= 4 is 0 Å². The largest absolute Gasteiger partial charge is 0.497 e. The summed E-state index contributed by atoms with van der Waals surface area (Å²) in [5.74, 6) is 1.49. The molecular weight excluding hydrogens is 260 g/mol. The lowest BCUT2D eigenvalue weighted by Crippen LogP contribution is -2.36. The number of rotatable bonds is 9. The van der Waals surface area contributed by atoms with Crippen molar-refractivity contribution in [2.24, 2.45) is 11.7 Å². The van der Waals surface area contributed by atoms with Crippen molar-refractivity contribution in [2.45, 2.75) is 52.1 Å². The van der Waals surface area contributed by atoms with Gasteiger partial charge in [-0.05, 0) is 63.4 Å². The van der Waals surface area contributed by atoms with E-state index in [9.17, 15) is 0 Å². The summed E-state index contributed by atoms with van der Waals surface area (Å²) in [6, 6.07) is 9.25. The molecule has 3 heteroatoms. The van der Waals surface area contributed by atoms with Crippen molar-refractivity contribution in [3.8, 4) is 5.75 Å². The Morgan fingerprint density at radius 2 is 1.71 bits per heavy atom. The number of hydrogen-bond acceptors (Lipinski definition) is 3. The molecule has 21 heavy (non-hydrogen) atoms. The van der Waals surface area contributed by atoms with E-state index in [-0.39, 0.29) is 0 Å². The lowest BCUT2D eigenvalue weighted by molar-refractivity contribution is 0.231. The second-order valence-electron chi connectivity index (χ2n) is 6.41. The van der Waals surface area contributed by atoms with Gasteiger partial charge in [-0.15, -0.1) is 0 Å². The summed E-state index contributed by atoms with van der Waals surface area (Å²) in [5, 5.41) is 0. The molecule has 1 aromatic carbocycles. The molecule has 0 bridgehead atoms. The summed E-state index contributed by atoms with van der Waals surface area (Å²) in [4.78, 5) is 2.42. The zero-order chi connectivity index (χ0) is 15.8. The standard InChI is InChI=1S/C18H32N2O/c1-14(2)18(19)12-13-20(4)15(3)6-7-16-8-10-17(21-5)11-9-16/h8-11,14-15,18H,6-7,12-13,19H2,1-5H3. The van der Waals surface area contributed by atoms with Crippen LogP contribution in [0.4, 0.5) is 0 Å². The Morgan fingerprint density at radius 1 is 1.10 bits per heavy atom. The van der Waals surface area contributed by atoms with Gasteiger partial charge in [0.15, 0.2) is 0 Å². The number of ether oxygens (including phenoxy) is 1. The van der Waals surface area contributed by atoms with E-state index in [0.717, 1.165) is 25.1 Å². The van der Waals surface area contributed by atoms with Crippen LogP contribution in [0.25, 0.3) is 0 Å². The second kappa shape index (κ2) is 9.06. The van der Waals surface area contributed by atoms with Crippen LogP contribution in [-0.4, -0.2) is 37.7 Å². The van der Waals surface area contributed by atoms with Crippen molar-refractivity contribution < 1.29 is 4.74 Å². The maximum atomic E-state index is 6.12. The fourth-order valence-electron chi connectivity index (χ4n) is 2.29. The third-order valence-corrected chi connectivity index (χ3v) is 4.43. The molecule has 0 saturated heterocycles. The number of hydrogen-bond donors (Lipinski definition) is 1. The van der Waals surface area contributed by atoms with Crippen molar-refractivity contribution in [2.75, 3.05) is 20.7 Å². The molecule has 0 amide bonds. The molecule has 120 valence electrons. The summed E-state index contributed by atoms with van der Waals surface area (Å²) in [6.07, 6.45) is 3.34. The minimum absolute atomic E-state index is 0.307. The Bertz CT molecular complexity index is 389. The van der Waals surface area contributed by atoms with Crippen LogP contribution in [0.15, 0.2) is 24.3 Å². The first-order valence-corrected chi connectivity index (χ1v) is 8.02. The zero-order valence-electron chi connectivity index (χ0n) is 14.3. The lowest BCUT2D eigenvalue weighted by Gasteiger charge is -2.27. The summed E-state index contributed by atoms with van der Waals surface area (Å²) in [6.45, 7) is 7.75. The van der Waals surface area contributed by atoms with Gasteiger partial charge in [-0.25, -0.2) is 0 Å². The molecule has 0 aliphatic heterocycles. The number of nitrogens with zero attached hydrogens (tertiary/aromatic N) is 1. The molecule has 2 unspecified atom stereocenters. The third-order valence-electron chi connectivity index (χ3n) is 4.43. The highest BCUT2D eigenvalue weighted by Gasteiger charge is 2.13. The van der Waals surface area contributed by atoms with Crippen LogP contribution in [-0.2, 0) is 6.42 Å². The van der Waals surface area contributed by atoms with Gasteiger partial charge in [-0.1, -0.05) is 26.0 Å². The van der Waals surface area contributed by atoms with Crippen molar-refractivity contribution in [3.63, 3.8) is 0 Å². The van der Waals surface area contributed by atoms with E-state index in [0.29, 0.717) is 18.0 Å². The van der Waals surface area contributed by atoms with Crippen LogP contribution in [0.5, 0.6) is 5.75 Å². The van der Waals surface area contributed by atoms with Gasteiger partial charge in [-0.3, -0.25) is 0 Å². The molecule has 0 fully saturated rings. The molecule has 1 rings (SSSR count). The molecule has 2 N–H and O–H groups in total. The van der Waals surface area contributed by atoms with Gasteiger partial charge in [0.25, 0.3) is 0 Å². The highest BCUT2D eigenvalue weighted by atomic mass is 16.5. The average Bonchev–Trinajstić information content (AvgIpc) is 2.50. The van der Waals surface area contributed by atoms with Crippen LogP contribution in [0, 0.1) is 5.92 Å². The minimum Gasteiger partial charge on any atom is -0.497 e. The smallest absolute Gasteiger partial charge is 0.118 e. The van der Waals surface area contributed by atoms with Crippen molar-refractivity contribution in [3.05, 3.63) is 29.8 Å². The minimum atomic E-state index is 0.307. The first kappa shape index (κ1) is 18.0. The summed E-state index contributed by atoms with van der Waals surface area (Å²) >= 11 is 0. The third kappa shape index (κ3) is 6.49. The van der Waals surface area contributed by atoms with Crippen molar-refractivity contribution in [1.82, 2.24) is 4.90 Å². The molecule has 1 aromatic rings. The SMILES string of the molecule is COc1ccc(CCC(C)N(C)CCC(N)C(C)C)cc1. The fraction of sp³-hybridized carbons (Fsp3) is 0.667. The Labute approximate surface area is 130 Å². The van der Waals surface area contributed by atoms with Crippen molar-refractivity contribution in [1.29, 1.82) is 0 Å². The van der Waals surface area contributed by atoms with Gasteiger partial charge in [0.05, 0.1) is 7.11 Å². The van der Waals surface area contributed by atoms with E-state index >= 15 is 0 Å². The van der Waals surface area contributed by atoms with Gasteiger partial charge in [0.2, 0.25) is 0 Å². The van der Waals surface area contributed by atoms with Crippen LogP contribution in [0.3, 0.4) is 0 Å². The molecule has 0 aliphatic carbocycles. The number of nitrogens with two attached hydrogens (primary N) is 1. The second-order valence-corrected chi connectivity index (χ2v) is 6.41. The van der Waals surface area contributed by atoms with E-state index in [1.54, 1.807) is 7.11 Å². The van der Waals surface area contributed by atoms with E-state index in [1.807, 2.05) is 12.1 Å². The van der Waals surface area contributed by atoms with E-state index in [4.69, 9.17) is 10.5 Å². The summed E-state index contributed by atoms with van der Waals surface area (Å²) in [7, 11) is 3.90. The maximum absolute atomic E-state index is 6.12. The molecule has 0 spiro atoms. The predicted octanol–water partition coefficient (Wildman–Crippen LogP) is 3.32. The van der Waals surface area contributed by atoms with Gasteiger partial charge in [0.1, 0.15) is 5.75 Å². The van der Waals surface area contributed by atoms with Crippen LogP contribution in [0.1, 0.15) is 39.2 Å². The molecule has 0 saturated carbocycles. The molecule has 3 nitrogen and oxygen atoms in total. The Morgan fingerprint density at radius 3 is 2.24 bits per heavy atom. The molecule has 0 aromatic heterocycles. The normalized spacial score (nSPS) is 14.5. The monoisotopic (exact) mass is 292 g/mol. The van der Waals surface area contributed by atoms with Crippen LogP contribution < -0.4 is 10.5 Å². The summed E-state index contributed by atoms with van der Waals surface area (Å²) in [5.41, 5.74) is 7.49.